The number of oxazole rings is 1. The first-order chi connectivity index (χ1) is 8.69. The SMILES string of the molecule is CCOC(=O)c1cnc(Nc2cc(Br)ccn2)o1. The summed E-state index contributed by atoms with van der Waals surface area (Å²) < 4.78 is 10.8. The Hall–Kier alpha value is -1.89. The second-order valence-corrected chi connectivity index (χ2v) is 4.15. The van der Waals surface area contributed by atoms with E-state index in [9.17, 15) is 4.79 Å². The fourth-order valence-electron chi connectivity index (χ4n) is 1.21. The van der Waals surface area contributed by atoms with E-state index in [1.807, 2.05) is 0 Å². The van der Waals surface area contributed by atoms with Crippen molar-refractivity contribution in [1.29, 1.82) is 0 Å². The van der Waals surface area contributed by atoms with Gasteiger partial charge in [-0.2, -0.15) is 0 Å². The maximum absolute atomic E-state index is 11.4. The molecule has 94 valence electrons. The molecule has 0 amide bonds. The van der Waals surface area contributed by atoms with Crippen molar-refractivity contribution >= 4 is 33.7 Å². The Morgan fingerprint density at radius 1 is 1.56 bits per heavy atom. The lowest BCUT2D eigenvalue weighted by Crippen LogP contribution is -2.02. The molecule has 0 fully saturated rings. The number of hydrogen-bond acceptors (Lipinski definition) is 6. The van der Waals surface area contributed by atoms with Crippen molar-refractivity contribution in [1.82, 2.24) is 9.97 Å². The lowest BCUT2D eigenvalue weighted by atomic mass is 10.5. The van der Waals surface area contributed by atoms with Gasteiger partial charge in [0.05, 0.1) is 12.8 Å². The molecule has 2 aromatic rings. The van der Waals surface area contributed by atoms with E-state index in [0.29, 0.717) is 5.82 Å². The van der Waals surface area contributed by atoms with Crippen LogP contribution in [0.25, 0.3) is 0 Å². The molecule has 2 aromatic heterocycles. The first-order valence-electron chi connectivity index (χ1n) is 5.20. The molecule has 0 aromatic carbocycles. The Morgan fingerprint density at radius 2 is 2.39 bits per heavy atom. The number of esters is 1. The van der Waals surface area contributed by atoms with Gasteiger partial charge in [0.2, 0.25) is 5.76 Å². The number of hydrogen-bond donors (Lipinski definition) is 1. The molecule has 0 saturated heterocycles. The number of carbonyl (C=O) groups excluding carboxylic acids is 1. The van der Waals surface area contributed by atoms with E-state index in [4.69, 9.17) is 9.15 Å². The Bertz CT molecular complexity index is 556. The predicted molar refractivity (Wildman–Crippen MR) is 67.7 cm³/mol. The summed E-state index contributed by atoms with van der Waals surface area (Å²) in [4.78, 5) is 19.3. The summed E-state index contributed by atoms with van der Waals surface area (Å²) in [6, 6.07) is 3.74. The molecule has 1 N–H and O–H groups in total. The molecule has 0 atom stereocenters. The number of pyridine rings is 1. The topological polar surface area (TPSA) is 77.2 Å². The van der Waals surface area contributed by atoms with Gasteiger partial charge in [-0.15, -0.1) is 0 Å². The van der Waals surface area contributed by atoms with Crippen LogP contribution >= 0.6 is 15.9 Å². The molecule has 0 aliphatic carbocycles. The average Bonchev–Trinajstić information content (AvgIpc) is 2.78. The smallest absolute Gasteiger partial charge is 0.376 e. The quantitative estimate of drug-likeness (QED) is 0.875. The zero-order chi connectivity index (χ0) is 13.0. The van der Waals surface area contributed by atoms with Crippen LogP contribution in [0.15, 0.2) is 33.4 Å². The van der Waals surface area contributed by atoms with Crippen LogP contribution in [0.3, 0.4) is 0 Å². The highest BCUT2D eigenvalue weighted by Crippen LogP contribution is 2.18. The molecule has 0 spiro atoms. The normalized spacial score (nSPS) is 10.1. The lowest BCUT2D eigenvalue weighted by Gasteiger charge is -2.00. The van der Waals surface area contributed by atoms with E-state index >= 15 is 0 Å². The van der Waals surface area contributed by atoms with Crippen molar-refractivity contribution in [2.24, 2.45) is 0 Å². The third-order valence-electron chi connectivity index (χ3n) is 1.94. The van der Waals surface area contributed by atoms with Gasteiger partial charge in [-0.05, 0) is 19.1 Å². The Labute approximate surface area is 112 Å². The number of aromatic nitrogens is 2. The monoisotopic (exact) mass is 311 g/mol. The van der Waals surface area contributed by atoms with Crippen LogP contribution in [0.4, 0.5) is 11.8 Å². The van der Waals surface area contributed by atoms with E-state index < -0.39 is 5.97 Å². The molecular formula is C11H10BrN3O3. The predicted octanol–water partition coefficient (Wildman–Crippen LogP) is 2.75. The van der Waals surface area contributed by atoms with Crippen LogP contribution in [-0.4, -0.2) is 22.5 Å². The van der Waals surface area contributed by atoms with Crippen LogP contribution in [-0.2, 0) is 4.74 Å². The standard InChI is InChI=1S/C11H10BrN3O3/c1-2-17-10(16)8-6-14-11(18-8)15-9-5-7(12)3-4-13-9/h3-6H,2H2,1H3,(H,13,14,15). The molecule has 0 saturated carbocycles. The highest BCUT2D eigenvalue weighted by molar-refractivity contribution is 9.10. The summed E-state index contributed by atoms with van der Waals surface area (Å²) in [7, 11) is 0. The lowest BCUT2D eigenvalue weighted by molar-refractivity contribution is 0.0491. The molecule has 0 radical (unpaired) electrons. The summed E-state index contributed by atoms with van der Waals surface area (Å²) in [5, 5.41) is 2.84. The van der Waals surface area contributed by atoms with E-state index in [1.165, 1.54) is 6.20 Å². The van der Waals surface area contributed by atoms with Crippen molar-refractivity contribution < 1.29 is 13.9 Å². The second-order valence-electron chi connectivity index (χ2n) is 3.23. The average molecular weight is 312 g/mol. The van der Waals surface area contributed by atoms with Crippen LogP contribution in [0.5, 0.6) is 0 Å². The molecule has 7 heteroatoms. The minimum atomic E-state index is -0.541. The molecule has 2 heterocycles. The first-order valence-corrected chi connectivity index (χ1v) is 6.00. The third-order valence-corrected chi connectivity index (χ3v) is 2.43. The number of anilines is 2. The molecular weight excluding hydrogens is 302 g/mol. The molecule has 0 unspecified atom stereocenters. The summed E-state index contributed by atoms with van der Waals surface area (Å²) in [5.41, 5.74) is 0. The summed E-state index contributed by atoms with van der Waals surface area (Å²) in [6.07, 6.45) is 2.93. The van der Waals surface area contributed by atoms with Crippen LogP contribution < -0.4 is 5.32 Å². The van der Waals surface area contributed by atoms with Gasteiger partial charge in [0.15, 0.2) is 0 Å². The maximum atomic E-state index is 11.4. The van der Waals surface area contributed by atoms with Gasteiger partial charge in [0, 0.05) is 10.7 Å². The van der Waals surface area contributed by atoms with Gasteiger partial charge >= 0.3 is 12.0 Å². The van der Waals surface area contributed by atoms with Crippen LogP contribution in [0, 0.1) is 0 Å². The minimum Gasteiger partial charge on any atom is -0.460 e. The molecule has 0 aliphatic rings. The number of halogens is 1. The zero-order valence-electron chi connectivity index (χ0n) is 9.51. The van der Waals surface area contributed by atoms with Gasteiger partial charge in [0.1, 0.15) is 5.82 Å². The van der Waals surface area contributed by atoms with Gasteiger partial charge in [-0.3, -0.25) is 5.32 Å². The maximum Gasteiger partial charge on any atom is 0.376 e. The highest BCUT2D eigenvalue weighted by atomic mass is 79.9. The van der Waals surface area contributed by atoms with Gasteiger partial charge in [0.25, 0.3) is 0 Å². The number of ether oxygens (including phenoxy) is 1. The number of nitrogens with zero attached hydrogens (tertiary/aromatic N) is 2. The fraction of sp³-hybridized carbons (Fsp3) is 0.182. The van der Waals surface area contributed by atoms with Gasteiger partial charge < -0.3 is 9.15 Å². The molecule has 18 heavy (non-hydrogen) atoms. The van der Waals surface area contributed by atoms with Crippen molar-refractivity contribution in [3.05, 3.63) is 34.8 Å². The molecule has 0 aliphatic heterocycles. The molecule has 0 bridgehead atoms. The first kappa shape index (κ1) is 12.6. The van der Waals surface area contributed by atoms with Gasteiger partial charge in [-0.1, -0.05) is 15.9 Å². The summed E-state index contributed by atoms with van der Waals surface area (Å²) in [6.45, 7) is 2.01. The Balaban J connectivity index is 2.09. The van der Waals surface area contributed by atoms with Crippen molar-refractivity contribution in [2.75, 3.05) is 11.9 Å². The minimum absolute atomic E-state index is 0.0503. The third kappa shape index (κ3) is 3.07. The van der Waals surface area contributed by atoms with E-state index in [2.05, 4.69) is 31.2 Å². The molecule has 6 nitrogen and oxygen atoms in total. The second kappa shape index (κ2) is 5.63. The van der Waals surface area contributed by atoms with Gasteiger partial charge in [-0.25, -0.2) is 14.8 Å². The fourth-order valence-corrected chi connectivity index (χ4v) is 1.55. The van der Waals surface area contributed by atoms with Crippen molar-refractivity contribution in [3.8, 4) is 0 Å². The number of nitrogens with one attached hydrogen (secondary N) is 1. The Kier molecular flexibility index (Phi) is 3.93. The molecule has 2 rings (SSSR count). The summed E-state index contributed by atoms with van der Waals surface area (Å²) in [5.74, 6) is 0.0660. The van der Waals surface area contributed by atoms with Crippen LogP contribution in [0.2, 0.25) is 0 Å². The Morgan fingerprint density at radius 3 is 3.11 bits per heavy atom. The summed E-state index contributed by atoms with van der Waals surface area (Å²) >= 11 is 3.32. The highest BCUT2D eigenvalue weighted by Gasteiger charge is 2.13. The number of carbonyl (C=O) groups is 1. The van der Waals surface area contributed by atoms with Crippen molar-refractivity contribution in [2.45, 2.75) is 6.92 Å². The van der Waals surface area contributed by atoms with E-state index in [-0.39, 0.29) is 18.4 Å². The number of rotatable bonds is 4. The largest absolute Gasteiger partial charge is 0.460 e. The van der Waals surface area contributed by atoms with Crippen molar-refractivity contribution in [3.63, 3.8) is 0 Å². The van der Waals surface area contributed by atoms with E-state index in [0.717, 1.165) is 4.47 Å². The van der Waals surface area contributed by atoms with E-state index in [1.54, 1.807) is 25.3 Å². The zero-order valence-corrected chi connectivity index (χ0v) is 11.1. The van der Waals surface area contributed by atoms with Crippen LogP contribution in [0.1, 0.15) is 17.5 Å².